The fraction of sp³-hybridized carbons (Fsp3) is 0.400. The first-order valence-electron chi connectivity index (χ1n) is 11.7. The van der Waals surface area contributed by atoms with Gasteiger partial charge in [-0.3, -0.25) is 9.69 Å². The molecule has 0 spiro atoms. The summed E-state index contributed by atoms with van der Waals surface area (Å²) in [7, 11) is -2.86. The van der Waals surface area contributed by atoms with Gasteiger partial charge in [-0.1, -0.05) is 12.1 Å². The van der Waals surface area contributed by atoms with Gasteiger partial charge >= 0.3 is 0 Å². The van der Waals surface area contributed by atoms with E-state index in [2.05, 4.69) is 31.6 Å². The van der Waals surface area contributed by atoms with Gasteiger partial charge in [0.15, 0.2) is 9.84 Å². The Bertz CT molecular complexity index is 1320. The Labute approximate surface area is 199 Å². The molecular formula is C25H29N5O3S. The smallest absolute Gasteiger partial charge is 0.251 e. The number of carbonyl (C=O) groups excluding carboxylic acids is 1. The van der Waals surface area contributed by atoms with Gasteiger partial charge in [-0.25, -0.2) is 18.4 Å². The average molecular weight is 480 g/mol. The van der Waals surface area contributed by atoms with Gasteiger partial charge in [0.2, 0.25) is 5.95 Å². The van der Waals surface area contributed by atoms with Crippen LogP contribution in [0.2, 0.25) is 0 Å². The minimum absolute atomic E-state index is 0.0187. The van der Waals surface area contributed by atoms with E-state index in [9.17, 15) is 13.2 Å². The van der Waals surface area contributed by atoms with Crippen LogP contribution in [0.3, 0.4) is 0 Å². The second-order valence-corrected chi connectivity index (χ2v) is 11.5. The molecule has 2 N–H and O–H groups in total. The Hall–Kier alpha value is -3.04. The lowest BCUT2D eigenvalue weighted by atomic mass is 9.97. The van der Waals surface area contributed by atoms with Crippen molar-refractivity contribution in [3.05, 3.63) is 53.7 Å². The average Bonchev–Trinajstić information content (AvgIpc) is 3.64. The summed E-state index contributed by atoms with van der Waals surface area (Å²) in [5, 5.41) is 7.22. The van der Waals surface area contributed by atoms with Crippen LogP contribution in [0.5, 0.6) is 0 Å². The standard InChI is InChI=1S/C25H29N5O3S/c1-17-2-3-19(24(31)28-21-5-6-21)15-22(17)18-4-7-23-20(14-18)16-27-25(29-23)26-8-9-30-10-12-34(32,33)13-11-30/h2-4,7,14-16,21H,5-6,8-13H2,1H3,(H,28,31)(H,26,27,29). The third-order valence-electron chi connectivity index (χ3n) is 6.45. The van der Waals surface area contributed by atoms with Crippen LogP contribution in [0.1, 0.15) is 28.8 Å². The molecule has 1 aliphatic carbocycles. The topological polar surface area (TPSA) is 104 Å². The van der Waals surface area contributed by atoms with E-state index in [4.69, 9.17) is 0 Å². The van der Waals surface area contributed by atoms with E-state index in [-0.39, 0.29) is 17.4 Å². The van der Waals surface area contributed by atoms with Crippen LogP contribution in [-0.4, -0.2) is 72.9 Å². The number of aryl methyl sites for hydroxylation is 1. The minimum Gasteiger partial charge on any atom is -0.353 e. The number of sulfone groups is 1. The number of nitrogens with one attached hydrogen (secondary N) is 2. The van der Waals surface area contributed by atoms with Crippen LogP contribution in [0.25, 0.3) is 22.0 Å². The predicted octanol–water partition coefficient (Wildman–Crippen LogP) is 2.64. The summed E-state index contributed by atoms with van der Waals surface area (Å²) in [5.41, 5.74) is 4.67. The first kappa shape index (κ1) is 22.7. The van der Waals surface area contributed by atoms with Gasteiger partial charge < -0.3 is 10.6 Å². The highest BCUT2D eigenvalue weighted by Crippen LogP contribution is 2.28. The van der Waals surface area contributed by atoms with Gasteiger partial charge in [0, 0.05) is 49.4 Å². The zero-order chi connectivity index (χ0) is 23.7. The molecule has 0 bridgehead atoms. The van der Waals surface area contributed by atoms with Crippen molar-refractivity contribution >= 4 is 32.6 Å². The molecule has 2 heterocycles. The molecule has 9 heteroatoms. The third kappa shape index (κ3) is 5.37. The van der Waals surface area contributed by atoms with E-state index in [1.165, 1.54) is 0 Å². The van der Waals surface area contributed by atoms with Gasteiger partial charge in [-0.15, -0.1) is 0 Å². The maximum Gasteiger partial charge on any atom is 0.251 e. The van der Waals surface area contributed by atoms with E-state index in [0.29, 0.717) is 37.2 Å². The molecule has 8 nitrogen and oxygen atoms in total. The van der Waals surface area contributed by atoms with E-state index < -0.39 is 9.84 Å². The van der Waals surface area contributed by atoms with Crippen molar-refractivity contribution < 1.29 is 13.2 Å². The van der Waals surface area contributed by atoms with Crippen molar-refractivity contribution in [2.75, 3.05) is 43.0 Å². The largest absolute Gasteiger partial charge is 0.353 e. The van der Waals surface area contributed by atoms with Gasteiger partial charge in [-0.05, 0) is 60.7 Å². The first-order chi connectivity index (χ1) is 16.4. The molecule has 2 fully saturated rings. The molecular weight excluding hydrogens is 450 g/mol. The quantitative estimate of drug-likeness (QED) is 0.537. The molecule has 3 aromatic rings. The van der Waals surface area contributed by atoms with Crippen molar-refractivity contribution in [2.45, 2.75) is 25.8 Å². The maximum absolute atomic E-state index is 12.5. The van der Waals surface area contributed by atoms with Crippen molar-refractivity contribution in [3.63, 3.8) is 0 Å². The number of amides is 1. The molecule has 1 aromatic heterocycles. The van der Waals surface area contributed by atoms with Crippen molar-refractivity contribution in [3.8, 4) is 11.1 Å². The summed E-state index contributed by atoms with van der Waals surface area (Å²) < 4.78 is 23.1. The summed E-state index contributed by atoms with van der Waals surface area (Å²) in [5.74, 6) is 1.000. The zero-order valence-corrected chi connectivity index (χ0v) is 20.1. The minimum atomic E-state index is -2.86. The highest BCUT2D eigenvalue weighted by Gasteiger charge is 2.24. The van der Waals surface area contributed by atoms with Crippen LogP contribution in [-0.2, 0) is 9.84 Å². The number of hydrogen-bond donors (Lipinski definition) is 2. The molecule has 1 aliphatic heterocycles. The Morgan fingerprint density at radius 3 is 2.68 bits per heavy atom. The predicted molar refractivity (Wildman–Crippen MR) is 134 cm³/mol. The highest BCUT2D eigenvalue weighted by molar-refractivity contribution is 7.91. The van der Waals surface area contributed by atoms with E-state index in [1.54, 1.807) is 6.20 Å². The van der Waals surface area contributed by atoms with E-state index in [1.807, 2.05) is 37.3 Å². The lowest BCUT2D eigenvalue weighted by Gasteiger charge is -2.26. The third-order valence-corrected chi connectivity index (χ3v) is 8.06. The maximum atomic E-state index is 12.5. The second-order valence-electron chi connectivity index (χ2n) is 9.16. The molecule has 1 amide bonds. The Kier molecular flexibility index (Phi) is 6.22. The Balaban J connectivity index is 1.26. The second kappa shape index (κ2) is 9.31. The molecule has 2 aromatic carbocycles. The number of hydrogen-bond acceptors (Lipinski definition) is 7. The summed E-state index contributed by atoms with van der Waals surface area (Å²) in [6.07, 6.45) is 3.93. The first-order valence-corrected chi connectivity index (χ1v) is 13.5. The molecule has 0 radical (unpaired) electrons. The highest BCUT2D eigenvalue weighted by atomic mass is 32.2. The van der Waals surface area contributed by atoms with Crippen LogP contribution in [0, 0.1) is 6.92 Å². The molecule has 0 atom stereocenters. The summed E-state index contributed by atoms with van der Waals surface area (Å²) in [6, 6.07) is 12.2. The Morgan fingerprint density at radius 1 is 1.12 bits per heavy atom. The van der Waals surface area contributed by atoms with Gasteiger partial charge in [0.05, 0.1) is 17.0 Å². The number of rotatable bonds is 7. The molecule has 1 saturated carbocycles. The number of fused-ring (bicyclic) bond motifs is 1. The number of aromatic nitrogens is 2. The van der Waals surface area contributed by atoms with Crippen LogP contribution in [0.15, 0.2) is 42.6 Å². The monoisotopic (exact) mass is 479 g/mol. The van der Waals surface area contributed by atoms with Crippen LogP contribution in [0.4, 0.5) is 5.95 Å². The SMILES string of the molecule is Cc1ccc(C(=O)NC2CC2)cc1-c1ccc2nc(NCCN3CCS(=O)(=O)CC3)ncc2c1. The molecule has 1 saturated heterocycles. The molecule has 0 unspecified atom stereocenters. The number of carbonyl (C=O) groups is 1. The normalized spacial score (nSPS) is 18.0. The molecule has 5 rings (SSSR count). The molecule has 178 valence electrons. The molecule has 34 heavy (non-hydrogen) atoms. The fourth-order valence-corrected chi connectivity index (χ4v) is 5.43. The van der Waals surface area contributed by atoms with E-state index in [0.717, 1.165) is 47.0 Å². The lowest BCUT2D eigenvalue weighted by Crippen LogP contribution is -2.42. The van der Waals surface area contributed by atoms with Gasteiger partial charge in [0.1, 0.15) is 0 Å². The lowest BCUT2D eigenvalue weighted by molar-refractivity contribution is 0.0951. The Morgan fingerprint density at radius 2 is 1.91 bits per heavy atom. The van der Waals surface area contributed by atoms with Crippen molar-refractivity contribution in [2.24, 2.45) is 0 Å². The fourth-order valence-electron chi connectivity index (χ4n) is 4.16. The summed E-state index contributed by atoms with van der Waals surface area (Å²) in [4.78, 5) is 23.7. The van der Waals surface area contributed by atoms with Crippen molar-refractivity contribution in [1.82, 2.24) is 20.2 Å². The van der Waals surface area contributed by atoms with Crippen LogP contribution < -0.4 is 10.6 Å². The molecule has 2 aliphatic rings. The number of anilines is 1. The summed E-state index contributed by atoms with van der Waals surface area (Å²) >= 11 is 0. The number of benzene rings is 2. The van der Waals surface area contributed by atoms with Crippen LogP contribution >= 0.6 is 0 Å². The zero-order valence-electron chi connectivity index (χ0n) is 19.3. The van der Waals surface area contributed by atoms with E-state index >= 15 is 0 Å². The van der Waals surface area contributed by atoms with Gasteiger partial charge in [0.25, 0.3) is 5.91 Å². The summed E-state index contributed by atoms with van der Waals surface area (Å²) in [6.45, 7) is 4.60. The number of nitrogens with zero attached hydrogens (tertiary/aromatic N) is 3. The van der Waals surface area contributed by atoms with Gasteiger partial charge in [-0.2, -0.15) is 0 Å². The van der Waals surface area contributed by atoms with Crippen molar-refractivity contribution in [1.29, 1.82) is 0 Å².